The van der Waals surface area contributed by atoms with Crippen LogP contribution in [0, 0.1) is 0 Å². The molecule has 354 valence electrons. The fourth-order valence-electron chi connectivity index (χ4n) is 8.64. The smallest absolute Gasteiger partial charge is 0.303 e. The summed E-state index contributed by atoms with van der Waals surface area (Å²) in [6.07, 6.45) is 13.3. The lowest BCUT2D eigenvalue weighted by molar-refractivity contribution is -0.438. The fourth-order valence-corrected chi connectivity index (χ4v) is 9.65. The average molecular weight is 932 g/mol. The maximum Gasteiger partial charge on any atom is 0.303 e. The van der Waals surface area contributed by atoms with Gasteiger partial charge in [0.25, 0.3) is 20.2 Å². The number of allylic oxidation sites excluding steroid dienone is 4. The number of amides is 2. The normalized spacial score (nSPS) is 17.6. The summed E-state index contributed by atoms with van der Waals surface area (Å²) in [7, 11) is -5.89. The third kappa shape index (κ3) is 14.0. The molecule has 2 aromatic carbocycles. The van der Waals surface area contributed by atoms with Crippen molar-refractivity contribution in [2.24, 2.45) is 0 Å². The third-order valence-electron chi connectivity index (χ3n) is 12.1. The van der Waals surface area contributed by atoms with Crippen LogP contribution in [0.3, 0.4) is 0 Å². The Labute approximate surface area is 378 Å². The predicted molar refractivity (Wildman–Crippen MR) is 245 cm³/mol. The van der Waals surface area contributed by atoms with Crippen molar-refractivity contribution < 1.29 is 59.5 Å². The number of nitrogens with zero attached hydrogens (tertiary/aromatic N) is 2. The maximum atomic E-state index is 12.5. The van der Waals surface area contributed by atoms with Crippen molar-refractivity contribution in [1.82, 2.24) is 10.6 Å². The molecule has 0 fully saturated rings. The Balaban J connectivity index is 1.73. The Kier molecular flexibility index (Phi) is 19.3. The molecule has 18 heteroatoms. The van der Waals surface area contributed by atoms with Gasteiger partial charge in [0.2, 0.25) is 17.5 Å². The van der Waals surface area contributed by atoms with Crippen molar-refractivity contribution in [3.05, 3.63) is 71.5 Å². The van der Waals surface area contributed by atoms with Gasteiger partial charge >= 0.3 is 5.97 Å². The highest BCUT2D eigenvalue weighted by Gasteiger charge is 2.48. The van der Waals surface area contributed by atoms with E-state index in [1.54, 1.807) is 26.4 Å². The van der Waals surface area contributed by atoms with E-state index < -0.39 is 37.0 Å². The number of hydrogen-bond donors (Lipinski definition) is 5. The van der Waals surface area contributed by atoms with E-state index in [2.05, 4.69) is 20.1 Å². The van der Waals surface area contributed by atoms with E-state index in [0.29, 0.717) is 103 Å². The number of aliphatic carboxylic acids is 1. The van der Waals surface area contributed by atoms with Crippen LogP contribution in [-0.4, -0.2) is 113 Å². The number of carboxylic acid groups (broad SMARTS) is 1. The standard InChI is InChI=1S/C46H66N4O12S2/c1-45(2)36-32-34(63(55,56)57)21-23-38(36)49(28-13-7-9-18-42(51)47-26-30-61-4)40(45)16-15-17-41-46(3,25-12-6-11-20-44(53)54)37-33-35(64(58,59)60)22-24-39(37)50(41)29-14-8-10-19-43(52)48-27-31-62-5/h15-17,21-24,32-33H,6-14,18-20,25-31H2,1-5H3,(H4-,47,48,51,52,53,54,55,56,57,58,59,60)/p+1. The van der Waals surface area contributed by atoms with E-state index >= 15 is 0 Å². The van der Waals surface area contributed by atoms with Crippen molar-refractivity contribution >= 4 is 55.1 Å². The van der Waals surface area contributed by atoms with Gasteiger partial charge in [-0.1, -0.05) is 39.2 Å². The number of methoxy groups -OCH3 is 2. The number of ether oxygens (including phenoxy) is 2. The Morgan fingerprint density at radius 2 is 1.28 bits per heavy atom. The molecule has 0 saturated heterocycles. The lowest BCUT2D eigenvalue weighted by Crippen LogP contribution is -2.31. The number of carbonyl (C=O) groups excluding carboxylic acids is 2. The van der Waals surface area contributed by atoms with Crippen LogP contribution >= 0.6 is 0 Å². The highest BCUT2D eigenvalue weighted by Crippen LogP contribution is 2.49. The molecule has 5 N–H and O–H groups in total. The second-order valence-corrected chi connectivity index (χ2v) is 20.0. The van der Waals surface area contributed by atoms with Crippen molar-refractivity contribution in [2.75, 3.05) is 58.5 Å². The Hall–Kier alpha value is -4.46. The summed E-state index contributed by atoms with van der Waals surface area (Å²) in [5.74, 6) is -0.976. The second kappa shape index (κ2) is 23.6. The lowest BCUT2D eigenvalue weighted by Gasteiger charge is -2.27. The Bertz CT molecular complexity index is 2290. The van der Waals surface area contributed by atoms with Crippen LogP contribution in [0.15, 0.2) is 70.1 Å². The first-order valence-electron chi connectivity index (χ1n) is 22.0. The number of rotatable bonds is 28. The van der Waals surface area contributed by atoms with Gasteiger partial charge in [-0.3, -0.25) is 23.5 Å². The molecule has 16 nitrogen and oxygen atoms in total. The first-order valence-corrected chi connectivity index (χ1v) is 24.9. The average Bonchev–Trinajstić information content (AvgIpc) is 3.58. The molecule has 0 aliphatic carbocycles. The number of unbranched alkanes of at least 4 members (excludes halogenated alkanes) is 6. The molecule has 4 rings (SSSR count). The number of anilines is 1. The minimum Gasteiger partial charge on any atom is -0.481 e. The lowest BCUT2D eigenvalue weighted by atomic mass is 9.75. The quantitative estimate of drug-likeness (QED) is 0.0351. The number of nitrogens with one attached hydrogen (secondary N) is 2. The monoisotopic (exact) mass is 931 g/mol. The number of carbonyl (C=O) groups is 3. The topological polar surface area (TPSA) is 229 Å². The minimum atomic E-state index is -4.55. The summed E-state index contributed by atoms with van der Waals surface area (Å²) in [6, 6.07) is 9.22. The summed E-state index contributed by atoms with van der Waals surface area (Å²) < 4.78 is 81.8. The molecule has 0 radical (unpaired) electrons. The van der Waals surface area contributed by atoms with E-state index in [-0.39, 0.29) is 28.0 Å². The molecule has 1 atom stereocenters. The largest absolute Gasteiger partial charge is 0.481 e. The van der Waals surface area contributed by atoms with E-state index in [1.165, 1.54) is 24.3 Å². The second-order valence-electron chi connectivity index (χ2n) is 17.1. The highest BCUT2D eigenvalue weighted by molar-refractivity contribution is 7.86. The first kappa shape index (κ1) is 52.2. The van der Waals surface area contributed by atoms with Crippen LogP contribution in [0.5, 0.6) is 0 Å². The number of hydrogen-bond acceptors (Lipinski definition) is 10. The zero-order valence-electron chi connectivity index (χ0n) is 37.9. The van der Waals surface area contributed by atoms with Gasteiger partial charge in [-0.2, -0.15) is 21.4 Å². The van der Waals surface area contributed by atoms with Crippen LogP contribution in [0.4, 0.5) is 11.4 Å². The number of benzene rings is 2. The van der Waals surface area contributed by atoms with Gasteiger partial charge in [-0.05, 0) is 87.4 Å². The summed E-state index contributed by atoms with van der Waals surface area (Å²) in [5.41, 5.74) is 3.30. The molecular formula is C46H67N4O12S2+. The SMILES string of the molecule is COCCNC(=O)CCCCCN1/C(=C/C=C/C2=[N+](CCCCCC(=O)NCCOC)c3ccc(S(=O)(=O)O)cc3C2(C)CCCCCC(=O)O)C(C)(C)c2cc(S(=O)(=O)O)ccc21. The maximum absolute atomic E-state index is 12.5. The van der Waals surface area contributed by atoms with E-state index in [9.17, 15) is 45.4 Å². The van der Waals surface area contributed by atoms with Crippen molar-refractivity contribution in [1.29, 1.82) is 0 Å². The molecule has 2 aliphatic rings. The van der Waals surface area contributed by atoms with Crippen molar-refractivity contribution in [3.63, 3.8) is 0 Å². The summed E-state index contributed by atoms with van der Waals surface area (Å²) in [4.78, 5) is 37.7. The first-order chi connectivity index (χ1) is 30.2. The fraction of sp³-hybridized carbons (Fsp3) is 0.565. The highest BCUT2D eigenvalue weighted by atomic mass is 32.2. The van der Waals surface area contributed by atoms with Gasteiger partial charge in [0.1, 0.15) is 6.54 Å². The van der Waals surface area contributed by atoms with Crippen molar-refractivity contribution in [2.45, 2.75) is 125 Å². The number of carboxylic acids is 1. The van der Waals surface area contributed by atoms with Crippen LogP contribution < -0.4 is 15.5 Å². The van der Waals surface area contributed by atoms with Gasteiger partial charge < -0.3 is 30.1 Å². The molecule has 0 aromatic heterocycles. The predicted octanol–water partition coefficient (Wildman–Crippen LogP) is 6.46. The molecule has 2 aliphatic heterocycles. The van der Waals surface area contributed by atoms with Crippen LogP contribution in [-0.2, 0) is 54.9 Å². The molecule has 0 bridgehead atoms. The minimum absolute atomic E-state index is 0.0331. The van der Waals surface area contributed by atoms with Gasteiger partial charge in [0.05, 0.1) is 28.4 Å². The summed E-state index contributed by atoms with van der Waals surface area (Å²) in [5, 5.41) is 15.0. The molecule has 1 unspecified atom stereocenters. The molecule has 2 aromatic rings. The molecular weight excluding hydrogens is 865 g/mol. The van der Waals surface area contributed by atoms with E-state index in [1.807, 2.05) is 39.0 Å². The number of fused-ring (bicyclic) bond motifs is 2. The third-order valence-corrected chi connectivity index (χ3v) is 13.8. The van der Waals surface area contributed by atoms with Gasteiger partial charge in [0, 0.05) is 94.0 Å². The van der Waals surface area contributed by atoms with Gasteiger partial charge in [0.15, 0.2) is 5.71 Å². The van der Waals surface area contributed by atoms with Crippen LogP contribution in [0.25, 0.3) is 0 Å². The van der Waals surface area contributed by atoms with Crippen molar-refractivity contribution in [3.8, 4) is 0 Å². The zero-order chi connectivity index (χ0) is 47.1. The molecule has 0 saturated carbocycles. The molecule has 2 amide bonds. The molecule has 64 heavy (non-hydrogen) atoms. The molecule has 2 heterocycles. The summed E-state index contributed by atoms with van der Waals surface area (Å²) >= 11 is 0. The Morgan fingerprint density at radius 1 is 0.734 bits per heavy atom. The van der Waals surface area contributed by atoms with E-state index in [0.717, 1.165) is 47.6 Å². The Morgan fingerprint density at radius 3 is 1.86 bits per heavy atom. The van der Waals surface area contributed by atoms with Crippen LogP contribution in [0.2, 0.25) is 0 Å². The molecule has 0 spiro atoms. The zero-order valence-corrected chi connectivity index (χ0v) is 39.5. The van der Waals surface area contributed by atoms with Crippen LogP contribution in [0.1, 0.15) is 115 Å². The van der Waals surface area contributed by atoms with Gasteiger partial charge in [-0.15, -0.1) is 0 Å². The summed E-state index contributed by atoms with van der Waals surface area (Å²) in [6.45, 7) is 8.86. The van der Waals surface area contributed by atoms with Gasteiger partial charge in [-0.25, -0.2) is 0 Å². The van der Waals surface area contributed by atoms with E-state index in [4.69, 9.17) is 9.47 Å².